The molecule has 1 aliphatic carbocycles. The number of nitrogens with zero attached hydrogens (tertiary/aromatic N) is 1. The average molecular weight is 301 g/mol. The minimum absolute atomic E-state index is 0.0255. The van der Waals surface area contributed by atoms with Crippen molar-refractivity contribution in [1.82, 2.24) is 15.5 Å². The highest BCUT2D eigenvalue weighted by molar-refractivity contribution is 5.95. The summed E-state index contributed by atoms with van der Waals surface area (Å²) in [6.07, 6.45) is 7.16. The van der Waals surface area contributed by atoms with Gasteiger partial charge in [-0.25, -0.2) is 0 Å². The van der Waals surface area contributed by atoms with Crippen molar-refractivity contribution < 1.29 is 13.9 Å². The van der Waals surface area contributed by atoms with Gasteiger partial charge in [-0.3, -0.25) is 9.89 Å². The molecule has 2 aliphatic rings. The molecule has 0 aromatic carbocycles. The zero-order chi connectivity index (χ0) is 14.9. The number of hydrogen-bond acceptors (Lipinski definition) is 4. The van der Waals surface area contributed by atoms with E-state index in [1.807, 2.05) is 6.07 Å². The highest BCUT2D eigenvalue weighted by Crippen LogP contribution is 2.31. The fraction of sp³-hybridized carbons (Fsp3) is 0.500. The van der Waals surface area contributed by atoms with Crippen LogP contribution in [0.15, 0.2) is 22.9 Å². The third kappa shape index (κ3) is 2.33. The van der Waals surface area contributed by atoms with E-state index in [-0.39, 0.29) is 17.9 Å². The van der Waals surface area contributed by atoms with Gasteiger partial charge in [0.2, 0.25) is 0 Å². The number of aromatic amines is 1. The SMILES string of the molecule is O=C(N[C@H]1CCCc2occc21)c1cn[nH]c1[C@@H]1CCOC1. The largest absolute Gasteiger partial charge is 0.469 e. The molecule has 1 fully saturated rings. The summed E-state index contributed by atoms with van der Waals surface area (Å²) in [5.41, 5.74) is 2.62. The third-order valence-electron chi connectivity index (χ3n) is 4.61. The summed E-state index contributed by atoms with van der Waals surface area (Å²) < 4.78 is 10.9. The molecule has 0 bridgehead atoms. The standard InChI is InChI=1S/C16H19N3O3/c20-16(12-8-17-19-15(12)10-4-6-21-9-10)18-13-2-1-3-14-11(13)5-7-22-14/h5,7-8,10,13H,1-4,6,9H2,(H,17,19)(H,18,20)/t10-,13+/m1/s1. The number of ether oxygens (including phenoxy) is 1. The van der Waals surface area contributed by atoms with E-state index in [9.17, 15) is 4.79 Å². The molecule has 0 spiro atoms. The molecular formula is C16H19N3O3. The van der Waals surface area contributed by atoms with E-state index >= 15 is 0 Å². The van der Waals surface area contributed by atoms with E-state index in [0.717, 1.165) is 49.3 Å². The van der Waals surface area contributed by atoms with Gasteiger partial charge in [0.25, 0.3) is 5.91 Å². The Morgan fingerprint density at radius 3 is 3.23 bits per heavy atom. The van der Waals surface area contributed by atoms with Crippen LogP contribution in [0, 0.1) is 0 Å². The van der Waals surface area contributed by atoms with Crippen LogP contribution in [-0.2, 0) is 11.2 Å². The Hall–Kier alpha value is -2.08. The van der Waals surface area contributed by atoms with Crippen LogP contribution in [0.2, 0.25) is 0 Å². The molecule has 1 amide bonds. The molecule has 0 radical (unpaired) electrons. The van der Waals surface area contributed by atoms with Crippen molar-refractivity contribution in [2.45, 2.75) is 37.6 Å². The van der Waals surface area contributed by atoms with Gasteiger partial charge in [0.15, 0.2) is 0 Å². The van der Waals surface area contributed by atoms with Gasteiger partial charge in [-0.15, -0.1) is 0 Å². The summed E-state index contributed by atoms with van der Waals surface area (Å²) in [5.74, 6) is 1.15. The highest BCUT2D eigenvalue weighted by Gasteiger charge is 2.28. The highest BCUT2D eigenvalue weighted by atomic mass is 16.5. The number of furan rings is 1. The number of aromatic nitrogens is 2. The molecule has 6 nitrogen and oxygen atoms in total. The van der Waals surface area contributed by atoms with Gasteiger partial charge in [-0.1, -0.05) is 0 Å². The normalized spacial score (nSPS) is 24.2. The van der Waals surface area contributed by atoms with Gasteiger partial charge < -0.3 is 14.5 Å². The Kier molecular flexibility index (Phi) is 3.46. The lowest BCUT2D eigenvalue weighted by atomic mass is 9.93. The molecule has 6 heteroatoms. The molecule has 2 atom stereocenters. The van der Waals surface area contributed by atoms with Crippen LogP contribution in [0.1, 0.15) is 58.6 Å². The Bertz CT molecular complexity index is 670. The molecule has 0 saturated carbocycles. The van der Waals surface area contributed by atoms with Gasteiger partial charge in [-0.05, 0) is 25.3 Å². The smallest absolute Gasteiger partial charge is 0.255 e. The minimum Gasteiger partial charge on any atom is -0.469 e. The number of hydrogen-bond donors (Lipinski definition) is 2. The van der Waals surface area contributed by atoms with Gasteiger partial charge in [0.1, 0.15) is 5.76 Å². The molecule has 1 saturated heterocycles. The molecule has 2 aromatic rings. The summed E-state index contributed by atoms with van der Waals surface area (Å²) in [5, 5.41) is 10.2. The lowest BCUT2D eigenvalue weighted by Crippen LogP contribution is -2.31. The van der Waals surface area contributed by atoms with Crippen LogP contribution in [0.5, 0.6) is 0 Å². The van der Waals surface area contributed by atoms with Crippen molar-refractivity contribution in [1.29, 1.82) is 0 Å². The van der Waals surface area contributed by atoms with E-state index in [1.165, 1.54) is 0 Å². The molecule has 0 unspecified atom stereocenters. The topological polar surface area (TPSA) is 80.2 Å². The van der Waals surface area contributed by atoms with Crippen molar-refractivity contribution in [3.63, 3.8) is 0 Å². The number of fused-ring (bicyclic) bond motifs is 1. The van der Waals surface area contributed by atoms with Gasteiger partial charge in [-0.2, -0.15) is 5.10 Å². The number of rotatable bonds is 3. The first-order chi connectivity index (χ1) is 10.8. The van der Waals surface area contributed by atoms with Crippen LogP contribution >= 0.6 is 0 Å². The van der Waals surface area contributed by atoms with E-state index in [2.05, 4.69) is 15.5 Å². The van der Waals surface area contributed by atoms with Crippen molar-refractivity contribution in [2.75, 3.05) is 13.2 Å². The first-order valence-electron chi connectivity index (χ1n) is 7.81. The number of carbonyl (C=O) groups is 1. The molecule has 3 heterocycles. The minimum atomic E-state index is -0.0744. The fourth-order valence-electron chi connectivity index (χ4n) is 3.42. The van der Waals surface area contributed by atoms with Crippen LogP contribution in [0.4, 0.5) is 0 Å². The molecule has 4 rings (SSSR count). The fourth-order valence-corrected chi connectivity index (χ4v) is 3.42. The predicted molar refractivity (Wildman–Crippen MR) is 78.6 cm³/mol. The van der Waals surface area contributed by atoms with E-state index in [1.54, 1.807) is 12.5 Å². The van der Waals surface area contributed by atoms with Gasteiger partial charge in [0.05, 0.1) is 36.4 Å². The van der Waals surface area contributed by atoms with Crippen LogP contribution in [0.3, 0.4) is 0 Å². The van der Waals surface area contributed by atoms with Crippen molar-refractivity contribution >= 4 is 5.91 Å². The molecule has 2 N–H and O–H groups in total. The Balaban J connectivity index is 1.53. The first-order valence-corrected chi connectivity index (χ1v) is 7.81. The zero-order valence-electron chi connectivity index (χ0n) is 12.3. The molecular weight excluding hydrogens is 282 g/mol. The summed E-state index contributed by atoms with van der Waals surface area (Å²) in [4.78, 5) is 12.6. The van der Waals surface area contributed by atoms with Crippen LogP contribution in [0.25, 0.3) is 0 Å². The lowest BCUT2D eigenvalue weighted by molar-refractivity contribution is 0.0930. The maximum absolute atomic E-state index is 12.6. The second kappa shape index (κ2) is 5.61. The summed E-state index contributed by atoms with van der Waals surface area (Å²) in [6.45, 7) is 1.39. The average Bonchev–Trinajstić information content (AvgIpc) is 3.27. The Morgan fingerprint density at radius 1 is 1.41 bits per heavy atom. The number of H-pyrrole nitrogens is 1. The number of carbonyl (C=O) groups excluding carboxylic acids is 1. The second-order valence-electron chi connectivity index (χ2n) is 5.98. The maximum atomic E-state index is 12.6. The summed E-state index contributed by atoms with van der Waals surface area (Å²) in [6, 6.07) is 1.98. The van der Waals surface area contributed by atoms with Gasteiger partial charge in [0, 0.05) is 24.5 Å². The quantitative estimate of drug-likeness (QED) is 0.911. The molecule has 2 aromatic heterocycles. The summed E-state index contributed by atoms with van der Waals surface area (Å²) in [7, 11) is 0. The van der Waals surface area contributed by atoms with Crippen LogP contribution < -0.4 is 5.32 Å². The first kappa shape index (κ1) is 13.6. The number of aryl methyl sites for hydroxylation is 1. The van der Waals surface area contributed by atoms with Crippen molar-refractivity contribution in [2.24, 2.45) is 0 Å². The maximum Gasteiger partial charge on any atom is 0.255 e. The third-order valence-corrected chi connectivity index (χ3v) is 4.61. The predicted octanol–water partition coefficient (Wildman–Crippen LogP) is 2.31. The molecule has 116 valence electrons. The van der Waals surface area contributed by atoms with E-state index < -0.39 is 0 Å². The number of amides is 1. The van der Waals surface area contributed by atoms with Crippen LogP contribution in [-0.4, -0.2) is 29.3 Å². The molecule has 22 heavy (non-hydrogen) atoms. The summed E-state index contributed by atoms with van der Waals surface area (Å²) >= 11 is 0. The van der Waals surface area contributed by atoms with Crippen molar-refractivity contribution in [3.05, 3.63) is 41.1 Å². The van der Waals surface area contributed by atoms with E-state index in [4.69, 9.17) is 9.15 Å². The Labute approximate surface area is 128 Å². The van der Waals surface area contributed by atoms with Gasteiger partial charge >= 0.3 is 0 Å². The Morgan fingerprint density at radius 2 is 2.36 bits per heavy atom. The van der Waals surface area contributed by atoms with E-state index in [0.29, 0.717) is 12.2 Å². The lowest BCUT2D eigenvalue weighted by Gasteiger charge is -2.22. The van der Waals surface area contributed by atoms with Crippen molar-refractivity contribution in [3.8, 4) is 0 Å². The second-order valence-corrected chi connectivity index (χ2v) is 5.98. The molecule has 1 aliphatic heterocycles. The monoisotopic (exact) mass is 301 g/mol. The zero-order valence-corrected chi connectivity index (χ0v) is 12.3. The number of nitrogens with one attached hydrogen (secondary N) is 2.